The van der Waals surface area contributed by atoms with E-state index in [0.29, 0.717) is 44.7 Å². The van der Waals surface area contributed by atoms with E-state index in [1.165, 1.54) is 21.0 Å². The SMILES string of the molecule is Cn1c(=O)oc2cc(S(=O)(=O)N3CCC(C4OCCO4)CC3)ccc21. The molecule has 3 heterocycles. The smallest absolute Gasteiger partial charge is 0.408 e. The van der Waals surface area contributed by atoms with Gasteiger partial charge in [-0.2, -0.15) is 4.31 Å². The normalized spacial score (nSPS) is 21.3. The number of fused-ring (bicyclic) bond motifs is 1. The van der Waals surface area contributed by atoms with Crippen molar-refractivity contribution in [3.8, 4) is 0 Å². The average molecular weight is 368 g/mol. The van der Waals surface area contributed by atoms with E-state index in [4.69, 9.17) is 13.9 Å². The van der Waals surface area contributed by atoms with Gasteiger partial charge in [-0.1, -0.05) is 0 Å². The fraction of sp³-hybridized carbons (Fsp3) is 0.562. The summed E-state index contributed by atoms with van der Waals surface area (Å²) in [6.45, 7) is 2.05. The van der Waals surface area contributed by atoms with E-state index in [1.54, 1.807) is 13.1 Å². The van der Waals surface area contributed by atoms with Crippen molar-refractivity contribution in [3.63, 3.8) is 0 Å². The van der Waals surface area contributed by atoms with E-state index < -0.39 is 15.8 Å². The molecule has 0 saturated carbocycles. The van der Waals surface area contributed by atoms with Gasteiger partial charge in [0.25, 0.3) is 0 Å². The number of rotatable bonds is 3. The van der Waals surface area contributed by atoms with Crippen molar-refractivity contribution in [2.24, 2.45) is 13.0 Å². The van der Waals surface area contributed by atoms with Crippen molar-refractivity contribution < 1.29 is 22.3 Å². The Morgan fingerprint density at radius 2 is 1.80 bits per heavy atom. The zero-order valence-electron chi connectivity index (χ0n) is 13.9. The maximum Gasteiger partial charge on any atom is 0.419 e. The number of ether oxygens (including phenoxy) is 2. The highest BCUT2D eigenvalue weighted by atomic mass is 32.2. The number of hydrogen-bond acceptors (Lipinski definition) is 6. The molecule has 1 aromatic carbocycles. The van der Waals surface area contributed by atoms with Crippen molar-refractivity contribution in [2.75, 3.05) is 26.3 Å². The van der Waals surface area contributed by atoms with Crippen LogP contribution in [-0.2, 0) is 26.5 Å². The molecular weight excluding hydrogens is 348 g/mol. The van der Waals surface area contributed by atoms with Crippen LogP contribution in [0, 0.1) is 5.92 Å². The lowest BCUT2D eigenvalue weighted by atomic mass is 9.98. The quantitative estimate of drug-likeness (QED) is 0.800. The number of oxazole rings is 1. The molecule has 2 saturated heterocycles. The Morgan fingerprint density at radius 3 is 2.48 bits per heavy atom. The highest BCUT2D eigenvalue weighted by Crippen LogP contribution is 2.29. The van der Waals surface area contributed by atoms with Crippen LogP contribution in [0.5, 0.6) is 0 Å². The number of sulfonamides is 1. The van der Waals surface area contributed by atoms with Crippen LogP contribution in [0.25, 0.3) is 11.1 Å². The summed E-state index contributed by atoms with van der Waals surface area (Å²) in [6, 6.07) is 4.53. The minimum atomic E-state index is -3.62. The molecule has 25 heavy (non-hydrogen) atoms. The van der Waals surface area contributed by atoms with E-state index in [1.807, 2.05) is 0 Å². The summed E-state index contributed by atoms with van der Waals surface area (Å²) in [6.07, 6.45) is 1.19. The van der Waals surface area contributed by atoms with Crippen LogP contribution >= 0.6 is 0 Å². The Kier molecular flexibility index (Phi) is 4.19. The van der Waals surface area contributed by atoms with E-state index in [0.717, 1.165) is 0 Å². The maximum atomic E-state index is 12.9. The molecule has 9 heteroatoms. The van der Waals surface area contributed by atoms with Crippen molar-refractivity contribution in [2.45, 2.75) is 24.0 Å². The number of aryl methyl sites for hydroxylation is 1. The Labute approximate surface area is 145 Å². The molecule has 2 aromatic rings. The maximum absolute atomic E-state index is 12.9. The van der Waals surface area contributed by atoms with E-state index in [-0.39, 0.29) is 22.7 Å². The van der Waals surface area contributed by atoms with Crippen molar-refractivity contribution >= 4 is 21.1 Å². The number of nitrogens with zero attached hydrogens (tertiary/aromatic N) is 2. The summed E-state index contributed by atoms with van der Waals surface area (Å²) < 4.78 is 44.7. The van der Waals surface area contributed by atoms with Gasteiger partial charge in [0.2, 0.25) is 10.0 Å². The van der Waals surface area contributed by atoms with Crippen LogP contribution in [0.1, 0.15) is 12.8 Å². The second kappa shape index (κ2) is 6.24. The first kappa shape index (κ1) is 16.8. The number of piperidine rings is 1. The zero-order chi connectivity index (χ0) is 17.6. The standard InChI is InChI=1S/C16H20N2O6S/c1-17-13-3-2-12(10-14(13)24-16(17)19)25(20,21)18-6-4-11(5-7-18)15-22-8-9-23-15/h2-3,10-11,15H,4-9H2,1H3. The number of benzene rings is 1. The van der Waals surface area contributed by atoms with E-state index in [9.17, 15) is 13.2 Å². The highest BCUT2D eigenvalue weighted by Gasteiger charge is 2.35. The predicted octanol–water partition coefficient (Wildman–Crippen LogP) is 0.905. The van der Waals surface area contributed by atoms with Gasteiger partial charge in [0, 0.05) is 32.1 Å². The second-order valence-corrected chi connectivity index (χ2v) is 8.35. The van der Waals surface area contributed by atoms with Crippen LogP contribution in [0.3, 0.4) is 0 Å². The van der Waals surface area contributed by atoms with E-state index in [2.05, 4.69) is 0 Å². The Balaban J connectivity index is 1.54. The third-order valence-corrected chi connectivity index (χ3v) is 6.83. The van der Waals surface area contributed by atoms with Gasteiger partial charge >= 0.3 is 5.76 Å². The highest BCUT2D eigenvalue weighted by molar-refractivity contribution is 7.89. The molecule has 0 atom stereocenters. The summed E-state index contributed by atoms with van der Waals surface area (Å²) >= 11 is 0. The second-order valence-electron chi connectivity index (χ2n) is 6.41. The fourth-order valence-electron chi connectivity index (χ4n) is 3.46. The molecule has 2 aliphatic rings. The largest absolute Gasteiger partial charge is 0.419 e. The molecule has 2 fully saturated rings. The van der Waals surface area contributed by atoms with Crippen molar-refractivity contribution in [1.29, 1.82) is 0 Å². The minimum absolute atomic E-state index is 0.140. The van der Waals surface area contributed by atoms with Crippen LogP contribution in [0.15, 0.2) is 32.3 Å². The molecule has 136 valence electrons. The van der Waals surface area contributed by atoms with Crippen molar-refractivity contribution in [3.05, 3.63) is 28.7 Å². The summed E-state index contributed by atoms with van der Waals surface area (Å²) in [5.41, 5.74) is 0.842. The third kappa shape index (κ3) is 2.91. The lowest BCUT2D eigenvalue weighted by Crippen LogP contribution is -2.41. The van der Waals surface area contributed by atoms with Gasteiger partial charge < -0.3 is 13.9 Å². The number of aromatic nitrogens is 1. The molecular formula is C16H20N2O6S. The molecule has 4 rings (SSSR count). The molecule has 1 aromatic heterocycles. The van der Waals surface area contributed by atoms with Gasteiger partial charge in [-0.15, -0.1) is 0 Å². The zero-order valence-corrected chi connectivity index (χ0v) is 14.7. The van der Waals surface area contributed by atoms with Crippen LogP contribution in [-0.4, -0.2) is 49.9 Å². The van der Waals surface area contributed by atoms with Crippen LogP contribution < -0.4 is 5.76 Å². The predicted molar refractivity (Wildman–Crippen MR) is 88.6 cm³/mol. The molecule has 0 amide bonds. The molecule has 2 aliphatic heterocycles. The van der Waals surface area contributed by atoms with Crippen LogP contribution in [0.2, 0.25) is 0 Å². The summed E-state index contributed by atoms with van der Waals surface area (Å²) in [4.78, 5) is 11.7. The molecule has 0 spiro atoms. The van der Waals surface area contributed by atoms with Gasteiger partial charge in [0.05, 0.1) is 23.6 Å². The monoisotopic (exact) mass is 368 g/mol. The molecule has 0 aliphatic carbocycles. The first-order chi connectivity index (χ1) is 12.0. The lowest BCUT2D eigenvalue weighted by Gasteiger charge is -2.33. The third-order valence-electron chi connectivity index (χ3n) is 4.93. The molecule has 8 nitrogen and oxygen atoms in total. The Morgan fingerprint density at radius 1 is 1.12 bits per heavy atom. The van der Waals surface area contributed by atoms with Crippen LogP contribution in [0.4, 0.5) is 0 Å². The van der Waals surface area contributed by atoms with Gasteiger partial charge in [-0.25, -0.2) is 13.2 Å². The fourth-order valence-corrected chi connectivity index (χ4v) is 4.95. The first-order valence-electron chi connectivity index (χ1n) is 8.30. The molecule has 0 N–H and O–H groups in total. The average Bonchev–Trinajstić information content (AvgIpc) is 3.24. The molecule has 0 unspecified atom stereocenters. The topological polar surface area (TPSA) is 91.0 Å². The van der Waals surface area contributed by atoms with Gasteiger partial charge in [-0.3, -0.25) is 4.57 Å². The summed E-state index contributed by atoms with van der Waals surface area (Å²) in [5, 5.41) is 0. The first-order valence-corrected chi connectivity index (χ1v) is 9.74. The minimum Gasteiger partial charge on any atom is -0.408 e. The Hall–Kier alpha value is -1.68. The molecule has 0 radical (unpaired) electrons. The summed E-state index contributed by atoms with van der Waals surface area (Å²) in [5.74, 6) is -0.287. The Bertz CT molecular complexity index is 933. The lowest BCUT2D eigenvalue weighted by molar-refractivity contribution is -0.0938. The van der Waals surface area contributed by atoms with E-state index >= 15 is 0 Å². The van der Waals surface area contributed by atoms with Gasteiger partial charge in [-0.05, 0) is 25.0 Å². The summed E-state index contributed by atoms with van der Waals surface area (Å²) in [7, 11) is -2.04. The van der Waals surface area contributed by atoms with Gasteiger partial charge in [0.15, 0.2) is 11.9 Å². The van der Waals surface area contributed by atoms with Crippen molar-refractivity contribution in [1.82, 2.24) is 8.87 Å². The molecule has 0 bridgehead atoms. The number of hydrogen-bond donors (Lipinski definition) is 0. The van der Waals surface area contributed by atoms with Gasteiger partial charge in [0.1, 0.15) is 0 Å².